The molecule has 0 atom stereocenters. The molecule has 0 spiro atoms. The molecule has 0 fully saturated rings. The summed E-state index contributed by atoms with van der Waals surface area (Å²) in [5.74, 6) is 0.273. The average molecular weight is 244 g/mol. The van der Waals surface area contributed by atoms with E-state index in [2.05, 4.69) is 20.8 Å². The number of hydrogen-bond acceptors (Lipinski definition) is 5. The Balaban J connectivity index is 1.73. The fourth-order valence-corrected chi connectivity index (χ4v) is 1.49. The van der Waals surface area contributed by atoms with Crippen LogP contribution in [-0.2, 0) is 0 Å². The zero-order chi connectivity index (χ0) is 12.4. The number of amides is 2. The van der Waals surface area contributed by atoms with E-state index in [1.54, 1.807) is 24.3 Å². The lowest BCUT2D eigenvalue weighted by molar-refractivity contribution is 0.261. The molecule has 7 nitrogen and oxygen atoms in total. The van der Waals surface area contributed by atoms with Gasteiger partial charge in [0.05, 0.1) is 6.20 Å². The van der Waals surface area contributed by atoms with E-state index in [9.17, 15) is 4.79 Å². The smallest absolute Gasteiger partial charge is 0.326 e. The van der Waals surface area contributed by atoms with Gasteiger partial charge in [-0.1, -0.05) is 5.16 Å². The topological polar surface area (TPSA) is 93.2 Å². The first-order valence-electron chi connectivity index (χ1n) is 5.13. The Hall–Kier alpha value is -2.83. The van der Waals surface area contributed by atoms with Crippen LogP contribution < -0.4 is 10.6 Å². The summed E-state index contributed by atoms with van der Waals surface area (Å²) in [4.78, 5) is 15.6. The van der Waals surface area contributed by atoms with E-state index in [0.29, 0.717) is 16.8 Å². The molecule has 0 aliphatic heterocycles. The second-order valence-corrected chi connectivity index (χ2v) is 3.49. The number of benzene rings is 1. The van der Waals surface area contributed by atoms with E-state index in [1.807, 2.05) is 0 Å². The van der Waals surface area contributed by atoms with Crippen molar-refractivity contribution >= 4 is 28.7 Å². The molecule has 2 amide bonds. The van der Waals surface area contributed by atoms with Crippen molar-refractivity contribution < 1.29 is 13.7 Å². The summed E-state index contributed by atoms with van der Waals surface area (Å²) in [6, 6.07) is 6.27. The van der Waals surface area contributed by atoms with Crippen molar-refractivity contribution in [3.05, 3.63) is 36.9 Å². The van der Waals surface area contributed by atoms with E-state index in [0.717, 1.165) is 0 Å². The number of rotatable bonds is 2. The van der Waals surface area contributed by atoms with Crippen molar-refractivity contribution in [2.75, 3.05) is 10.6 Å². The largest absolute Gasteiger partial charge is 0.443 e. The molecule has 7 heteroatoms. The molecule has 0 bridgehead atoms. The lowest BCUT2D eigenvalue weighted by Gasteiger charge is -2.04. The van der Waals surface area contributed by atoms with Crippen LogP contribution in [0.4, 0.5) is 16.4 Å². The number of anilines is 2. The highest BCUT2D eigenvalue weighted by Crippen LogP contribution is 2.17. The predicted octanol–water partition coefficient (Wildman–Crippen LogP) is 2.46. The van der Waals surface area contributed by atoms with Crippen LogP contribution in [0.3, 0.4) is 0 Å². The molecule has 18 heavy (non-hydrogen) atoms. The lowest BCUT2D eigenvalue weighted by atomic mass is 10.3. The number of aromatic nitrogens is 2. The second-order valence-electron chi connectivity index (χ2n) is 3.49. The Morgan fingerprint density at radius 3 is 3.00 bits per heavy atom. The van der Waals surface area contributed by atoms with E-state index < -0.39 is 6.03 Å². The van der Waals surface area contributed by atoms with Crippen LogP contribution in [0.15, 0.2) is 45.8 Å². The molecule has 0 unspecified atom stereocenters. The van der Waals surface area contributed by atoms with Gasteiger partial charge in [-0.15, -0.1) is 0 Å². The number of urea groups is 1. The van der Waals surface area contributed by atoms with E-state index in [1.165, 1.54) is 12.6 Å². The average Bonchev–Trinajstić information content (AvgIpc) is 2.98. The molecule has 0 saturated heterocycles. The molecular formula is C11H8N4O3. The summed E-state index contributed by atoms with van der Waals surface area (Å²) in [7, 11) is 0. The molecular weight excluding hydrogens is 236 g/mol. The number of hydrogen-bond donors (Lipinski definition) is 2. The Morgan fingerprint density at radius 1 is 1.22 bits per heavy atom. The summed E-state index contributed by atoms with van der Waals surface area (Å²) in [5.41, 5.74) is 1.94. The molecule has 0 saturated carbocycles. The molecule has 0 radical (unpaired) electrons. The summed E-state index contributed by atoms with van der Waals surface area (Å²) in [6.07, 6.45) is 2.79. The highest BCUT2D eigenvalue weighted by molar-refractivity contribution is 5.99. The monoisotopic (exact) mass is 244 g/mol. The Morgan fingerprint density at radius 2 is 2.17 bits per heavy atom. The van der Waals surface area contributed by atoms with Gasteiger partial charge >= 0.3 is 6.03 Å². The Bertz CT molecular complexity index is 674. The summed E-state index contributed by atoms with van der Waals surface area (Å²) < 4.78 is 9.85. The third-order valence-corrected chi connectivity index (χ3v) is 2.26. The van der Waals surface area contributed by atoms with Gasteiger partial charge in [0.1, 0.15) is 5.52 Å². The predicted molar refractivity (Wildman–Crippen MR) is 63.2 cm³/mol. The van der Waals surface area contributed by atoms with Crippen LogP contribution >= 0.6 is 0 Å². The normalized spacial score (nSPS) is 10.4. The van der Waals surface area contributed by atoms with Crippen molar-refractivity contribution in [1.82, 2.24) is 10.1 Å². The standard InChI is InChI=1S/C11H8N4O3/c16-11(15-10-3-4-13-18-10)14-7-1-2-9-8(5-7)12-6-17-9/h1-6H,(H2,14,15,16). The molecule has 2 aromatic heterocycles. The molecule has 2 heterocycles. The minimum Gasteiger partial charge on any atom is -0.443 e. The van der Waals surface area contributed by atoms with Gasteiger partial charge in [-0.05, 0) is 18.2 Å². The lowest BCUT2D eigenvalue weighted by Crippen LogP contribution is -2.18. The Kier molecular flexibility index (Phi) is 2.41. The van der Waals surface area contributed by atoms with E-state index in [-0.39, 0.29) is 5.88 Å². The van der Waals surface area contributed by atoms with Gasteiger partial charge in [-0.3, -0.25) is 5.32 Å². The number of nitrogens with zero attached hydrogens (tertiary/aromatic N) is 2. The van der Waals surface area contributed by atoms with Crippen molar-refractivity contribution in [2.45, 2.75) is 0 Å². The quantitative estimate of drug-likeness (QED) is 0.722. The molecule has 1 aromatic carbocycles. The first kappa shape index (κ1) is 10.3. The maximum absolute atomic E-state index is 11.6. The van der Waals surface area contributed by atoms with E-state index in [4.69, 9.17) is 8.94 Å². The molecule has 3 aromatic rings. The van der Waals surface area contributed by atoms with Crippen molar-refractivity contribution in [2.24, 2.45) is 0 Å². The zero-order valence-corrected chi connectivity index (χ0v) is 9.08. The first-order chi connectivity index (χ1) is 8.81. The van der Waals surface area contributed by atoms with Crippen LogP contribution in [0, 0.1) is 0 Å². The number of oxazole rings is 1. The number of fused-ring (bicyclic) bond motifs is 1. The van der Waals surface area contributed by atoms with Gasteiger partial charge in [0, 0.05) is 11.8 Å². The maximum Gasteiger partial charge on any atom is 0.326 e. The molecule has 2 N–H and O–H groups in total. The minimum atomic E-state index is -0.422. The van der Waals surface area contributed by atoms with Crippen LogP contribution in [0.5, 0.6) is 0 Å². The zero-order valence-electron chi connectivity index (χ0n) is 9.08. The van der Waals surface area contributed by atoms with Gasteiger partial charge in [-0.25, -0.2) is 9.78 Å². The maximum atomic E-state index is 11.6. The fraction of sp³-hybridized carbons (Fsp3) is 0. The summed E-state index contributed by atoms with van der Waals surface area (Å²) in [5, 5.41) is 8.61. The highest BCUT2D eigenvalue weighted by Gasteiger charge is 2.06. The van der Waals surface area contributed by atoms with Gasteiger partial charge in [0.15, 0.2) is 12.0 Å². The third kappa shape index (κ3) is 2.01. The minimum absolute atomic E-state index is 0.273. The van der Waals surface area contributed by atoms with Crippen LogP contribution in [0.1, 0.15) is 0 Å². The second kappa shape index (κ2) is 4.21. The SMILES string of the molecule is O=C(Nc1ccc2ocnc2c1)Nc1ccno1. The van der Waals surface area contributed by atoms with Crippen molar-refractivity contribution in [1.29, 1.82) is 0 Å². The van der Waals surface area contributed by atoms with Gasteiger partial charge in [0.25, 0.3) is 0 Å². The number of carbonyl (C=O) groups is 1. The van der Waals surface area contributed by atoms with E-state index >= 15 is 0 Å². The number of carbonyl (C=O) groups excluding carboxylic acids is 1. The summed E-state index contributed by atoms with van der Waals surface area (Å²) >= 11 is 0. The van der Waals surface area contributed by atoms with Crippen LogP contribution in [-0.4, -0.2) is 16.2 Å². The highest BCUT2D eigenvalue weighted by atomic mass is 16.5. The summed E-state index contributed by atoms with van der Waals surface area (Å²) in [6.45, 7) is 0. The molecule has 3 rings (SSSR count). The molecule has 0 aliphatic rings. The molecule has 0 aliphatic carbocycles. The first-order valence-corrected chi connectivity index (χ1v) is 5.13. The van der Waals surface area contributed by atoms with Crippen LogP contribution in [0.25, 0.3) is 11.1 Å². The van der Waals surface area contributed by atoms with Crippen molar-refractivity contribution in [3.8, 4) is 0 Å². The Labute approximate surface area is 101 Å². The van der Waals surface area contributed by atoms with Gasteiger partial charge in [-0.2, -0.15) is 0 Å². The third-order valence-electron chi connectivity index (χ3n) is 2.26. The number of nitrogens with one attached hydrogen (secondary N) is 2. The van der Waals surface area contributed by atoms with Gasteiger partial charge in [0.2, 0.25) is 5.88 Å². The fourth-order valence-electron chi connectivity index (χ4n) is 1.49. The molecule has 90 valence electrons. The van der Waals surface area contributed by atoms with Gasteiger partial charge < -0.3 is 14.3 Å². The van der Waals surface area contributed by atoms with Crippen LogP contribution in [0.2, 0.25) is 0 Å². The van der Waals surface area contributed by atoms with Crippen molar-refractivity contribution in [3.63, 3.8) is 0 Å².